The smallest absolute Gasteiger partial charge is 0.343 e. The molecule has 3 atom stereocenters. The van der Waals surface area contributed by atoms with Crippen molar-refractivity contribution in [1.29, 1.82) is 0 Å². The van der Waals surface area contributed by atoms with Gasteiger partial charge in [-0.15, -0.1) is 0 Å². The average Bonchev–Trinajstić information content (AvgIpc) is 3.33. The Hall–Kier alpha value is -3.69. The number of alkyl halides is 6. The molecule has 2 aromatic carbocycles. The minimum Gasteiger partial charge on any atom is -0.343 e. The molecule has 1 aliphatic rings. The Morgan fingerprint density at radius 2 is 1.56 bits per heavy atom. The highest BCUT2D eigenvalue weighted by molar-refractivity contribution is 5.98. The van der Waals surface area contributed by atoms with Crippen molar-refractivity contribution in [2.75, 3.05) is 45.1 Å². The van der Waals surface area contributed by atoms with Gasteiger partial charge in [-0.3, -0.25) is 19.3 Å². The van der Waals surface area contributed by atoms with Crippen molar-refractivity contribution in [2.45, 2.75) is 37.3 Å². The molecule has 3 rings (SSSR count). The zero-order valence-electron chi connectivity index (χ0n) is 23.3. The maximum absolute atomic E-state index is 13.4. The summed E-state index contributed by atoms with van der Waals surface area (Å²) >= 11 is 0. The van der Waals surface area contributed by atoms with Crippen LogP contribution in [0.3, 0.4) is 0 Å². The van der Waals surface area contributed by atoms with Crippen molar-refractivity contribution in [3.05, 3.63) is 65.2 Å². The molecule has 1 fully saturated rings. The Kier molecular flexibility index (Phi) is 11.2. The molecule has 0 radical (unpaired) electrons. The van der Waals surface area contributed by atoms with Crippen LogP contribution >= 0.6 is 0 Å². The number of halogens is 6. The Morgan fingerprint density at radius 1 is 0.953 bits per heavy atom. The number of hydrogen-bond acceptors (Lipinski definition) is 6. The number of carbonyl (C=O) groups is 3. The van der Waals surface area contributed by atoms with Crippen LogP contribution in [0.4, 0.5) is 32.0 Å². The molecule has 0 spiro atoms. The summed E-state index contributed by atoms with van der Waals surface area (Å²) in [5.74, 6) is -2.27. The summed E-state index contributed by atoms with van der Waals surface area (Å²) in [4.78, 5) is 42.8. The van der Waals surface area contributed by atoms with Gasteiger partial charge in [-0.1, -0.05) is 18.2 Å². The molecule has 6 N–H and O–H groups in total. The molecule has 9 nitrogen and oxygen atoms in total. The summed E-state index contributed by atoms with van der Waals surface area (Å²) in [6, 6.07) is 5.65. The van der Waals surface area contributed by atoms with E-state index in [1.807, 2.05) is 0 Å². The molecule has 0 saturated carbocycles. The van der Waals surface area contributed by atoms with Crippen molar-refractivity contribution >= 4 is 23.4 Å². The number of rotatable bonds is 11. The second-order valence-electron chi connectivity index (χ2n) is 10.3. The van der Waals surface area contributed by atoms with E-state index >= 15 is 0 Å². The molecule has 3 amide bonds. The van der Waals surface area contributed by atoms with E-state index in [1.54, 1.807) is 11.9 Å². The van der Waals surface area contributed by atoms with Gasteiger partial charge in [-0.2, -0.15) is 26.3 Å². The van der Waals surface area contributed by atoms with Crippen molar-refractivity contribution in [3.63, 3.8) is 0 Å². The van der Waals surface area contributed by atoms with Gasteiger partial charge in [0.25, 0.3) is 0 Å². The van der Waals surface area contributed by atoms with Gasteiger partial charge in [-0.25, -0.2) is 0 Å². The van der Waals surface area contributed by atoms with E-state index in [4.69, 9.17) is 11.5 Å². The molecule has 1 heterocycles. The zero-order chi connectivity index (χ0) is 31.9. The second-order valence-corrected chi connectivity index (χ2v) is 10.3. The fraction of sp³-hybridized carbons (Fsp3) is 0.464. The molecule has 1 saturated heterocycles. The van der Waals surface area contributed by atoms with Crippen LogP contribution in [0, 0.1) is 5.92 Å². The fourth-order valence-electron chi connectivity index (χ4n) is 4.93. The minimum atomic E-state index is -4.67. The first-order valence-electron chi connectivity index (χ1n) is 13.5. The topological polar surface area (TPSA) is 134 Å². The van der Waals surface area contributed by atoms with Gasteiger partial charge in [0, 0.05) is 44.8 Å². The summed E-state index contributed by atoms with van der Waals surface area (Å²) in [5, 5.41) is 4.94. The Labute approximate surface area is 244 Å². The van der Waals surface area contributed by atoms with Crippen LogP contribution in [-0.2, 0) is 33.2 Å². The fourth-order valence-corrected chi connectivity index (χ4v) is 4.93. The molecule has 1 aliphatic heterocycles. The lowest BCUT2D eigenvalue weighted by Gasteiger charge is -2.24. The summed E-state index contributed by atoms with van der Waals surface area (Å²) in [7, 11) is 1.63. The Balaban J connectivity index is 1.81. The standard InChI is InChI=1S/C28H34F6N6O3/c1-39-16-18(26(43)40(11-9-35)12-10-36)14-23(39)25(42)38-22(13-17-5-7-19(8-6-17)27(29,30)31)24(41)37-21-4-2-3-20(15-21)28(32,33)34/h2-8,15,18,22-23H,9-14,16,35-36H2,1H3,(H,37,41)(H,38,42)/t18-,22-,23?/m0/s1. The third-order valence-corrected chi connectivity index (χ3v) is 7.12. The molecule has 2 aromatic rings. The lowest BCUT2D eigenvalue weighted by atomic mass is 10.0. The lowest BCUT2D eigenvalue weighted by Crippen LogP contribution is -2.51. The normalized spacial score (nSPS) is 18.3. The van der Waals surface area contributed by atoms with E-state index < -0.39 is 53.3 Å². The maximum atomic E-state index is 13.4. The third kappa shape index (κ3) is 9.15. The number of nitrogens with one attached hydrogen (secondary N) is 2. The van der Waals surface area contributed by atoms with E-state index in [1.165, 1.54) is 11.0 Å². The van der Waals surface area contributed by atoms with Crippen LogP contribution in [0.2, 0.25) is 0 Å². The van der Waals surface area contributed by atoms with Crippen molar-refractivity contribution in [1.82, 2.24) is 15.1 Å². The Morgan fingerprint density at radius 3 is 2.12 bits per heavy atom. The highest BCUT2D eigenvalue weighted by Crippen LogP contribution is 2.31. The van der Waals surface area contributed by atoms with Gasteiger partial charge in [-0.05, 0) is 49.4 Å². The highest BCUT2D eigenvalue weighted by Gasteiger charge is 2.40. The number of benzene rings is 2. The largest absolute Gasteiger partial charge is 0.416 e. The van der Waals surface area contributed by atoms with Gasteiger partial charge >= 0.3 is 12.4 Å². The van der Waals surface area contributed by atoms with E-state index in [2.05, 4.69) is 10.6 Å². The molecule has 15 heteroatoms. The number of nitrogens with zero attached hydrogens (tertiary/aromatic N) is 2. The molecule has 0 bridgehead atoms. The highest BCUT2D eigenvalue weighted by atomic mass is 19.4. The summed E-state index contributed by atoms with van der Waals surface area (Å²) in [6.45, 7) is 1.27. The van der Waals surface area contributed by atoms with Gasteiger partial charge in [0.15, 0.2) is 0 Å². The summed E-state index contributed by atoms with van der Waals surface area (Å²) in [5.41, 5.74) is 9.37. The number of anilines is 1. The van der Waals surface area contributed by atoms with E-state index in [0.29, 0.717) is 0 Å². The lowest BCUT2D eigenvalue weighted by molar-refractivity contribution is -0.138. The molecular weight excluding hydrogens is 582 g/mol. The Bertz CT molecular complexity index is 1260. The van der Waals surface area contributed by atoms with Crippen LogP contribution < -0.4 is 22.1 Å². The molecule has 236 valence electrons. The van der Waals surface area contributed by atoms with Crippen LogP contribution in [0.1, 0.15) is 23.1 Å². The summed E-state index contributed by atoms with van der Waals surface area (Å²) in [6.07, 6.45) is -9.39. The number of hydrogen-bond donors (Lipinski definition) is 4. The minimum absolute atomic E-state index is 0.120. The van der Waals surface area contributed by atoms with E-state index in [-0.39, 0.29) is 62.7 Å². The molecular formula is C28H34F6N6O3. The van der Waals surface area contributed by atoms with Gasteiger partial charge in [0.1, 0.15) is 6.04 Å². The van der Waals surface area contributed by atoms with Crippen LogP contribution in [-0.4, -0.2) is 79.4 Å². The molecule has 1 unspecified atom stereocenters. The van der Waals surface area contributed by atoms with Gasteiger partial charge in [0.05, 0.1) is 23.1 Å². The van der Waals surface area contributed by atoms with Crippen molar-refractivity contribution < 1.29 is 40.7 Å². The third-order valence-electron chi connectivity index (χ3n) is 7.12. The number of nitrogens with two attached hydrogens (primary N) is 2. The first-order valence-corrected chi connectivity index (χ1v) is 13.5. The molecule has 0 aliphatic carbocycles. The zero-order valence-corrected chi connectivity index (χ0v) is 23.3. The second kappa shape index (κ2) is 14.2. The maximum Gasteiger partial charge on any atom is 0.416 e. The predicted octanol–water partition coefficient (Wildman–Crippen LogP) is 2.46. The monoisotopic (exact) mass is 616 g/mol. The first-order chi connectivity index (χ1) is 20.1. The van der Waals surface area contributed by atoms with Crippen molar-refractivity contribution in [2.24, 2.45) is 17.4 Å². The quantitative estimate of drug-likeness (QED) is 0.287. The van der Waals surface area contributed by atoms with Crippen LogP contribution in [0.5, 0.6) is 0 Å². The number of likely N-dealkylation sites (tertiary alicyclic amines) is 1. The number of amides is 3. The summed E-state index contributed by atoms with van der Waals surface area (Å²) < 4.78 is 78.6. The predicted molar refractivity (Wildman–Crippen MR) is 146 cm³/mol. The van der Waals surface area contributed by atoms with E-state index in [0.717, 1.165) is 42.5 Å². The first kappa shape index (κ1) is 33.8. The van der Waals surface area contributed by atoms with Gasteiger partial charge < -0.3 is 27.0 Å². The SMILES string of the molecule is CN1C[C@@H](C(=O)N(CCN)CCN)CC1C(=O)N[C@@H](Cc1ccc(C(F)(F)F)cc1)C(=O)Nc1cccc(C(F)(F)F)c1. The molecule has 43 heavy (non-hydrogen) atoms. The van der Waals surface area contributed by atoms with Gasteiger partial charge in [0.2, 0.25) is 17.7 Å². The number of carbonyl (C=O) groups excluding carboxylic acids is 3. The van der Waals surface area contributed by atoms with E-state index in [9.17, 15) is 40.7 Å². The average molecular weight is 617 g/mol. The van der Waals surface area contributed by atoms with Crippen LogP contribution in [0.15, 0.2) is 48.5 Å². The molecule has 0 aromatic heterocycles. The number of likely N-dealkylation sites (N-methyl/N-ethyl adjacent to an activating group) is 1. The van der Waals surface area contributed by atoms with Crippen molar-refractivity contribution in [3.8, 4) is 0 Å². The van der Waals surface area contributed by atoms with Crippen LogP contribution in [0.25, 0.3) is 0 Å².